The summed E-state index contributed by atoms with van der Waals surface area (Å²) in [7, 11) is -5.29. The van der Waals surface area contributed by atoms with Crippen molar-refractivity contribution in [1.82, 2.24) is 4.72 Å². The molecule has 0 bridgehead atoms. The lowest BCUT2D eigenvalue weighted by Gasteiger charge is -2.23. The number of hydrogen-bond acceptors (Lipinski definition) is 4. The van der Waals surface area contributed by atoms with Crippen molar-refractivity contribution in [1.29, 1.82) is 0 Å². The third kappa shape index (κ3) is 3.68. The Morgan fingerprint density at radius 2 is 1.95 bits per heavy atom. The van der Waals surface area contributed by atoms with Crippen molar-refractivity contribution < 1.29 is 31.1 Å². The van der Waals surface area contributed by atoms with Gasteiger partial charge >= 0.3 is 21.5 Å². The number of halogens is 3. The normalized spacial score (nSPS) is 31.6. The maximum absolute atomic E-state index is 12.2. The maximum Gasteiger partial charge on any atom is 0.511 e. The van der Waals surface area contributed by atoms with Crippen LogP contribution >= 0.6 is 0 Å². The lowest BCUT2D eigenvalue weighted by molar-refractivity contribution is -0.151. The number of fused-ring (bicyclic) bond motifs is 1. The molecule has 1 N–H and O–H groups in total. The van der Waals surface area contributed by atoms with Crippen LogP contribution in [0.1, 0.15) is 26.2 Å². The molecule has 0 radical (unpaired) electrons. The van der Waals surface area contributed by atoms with E-state index in [1.54, 1.807) is 11.6 Å². The summed E-state index contributed by atoms with van der Waals surface area (Å²) in [5.74, 6) is 0.0999. The first-order valence-electron chi connectivity index (χ1n) is 6.81. The second-order valence-electron chi connectivity index (χ2n) is 5.91. The molecule has 5 nitrogen and oxygen atoms in total. The van der Waals surface area contributed by atoms with Gasteiger partial charge in [-0.3, -0.25) is 4.79 Å². The SMILES string of the molecule is CC(CNS(=O)(=O)C(F)(F)F)C1CC2COC(=O)CC2C1. The molecule has 122 valence electrons. The number of cyclic esters (lactones) is 1. The fourth-order valence-corrected chi connectivity index (χ4v) is 3.79. The van der Waals surface area contributed by atoms with Crippen LogP contribution in [0.4, 0.5) is 13.2 Å². The van der Waals surface area contributed by atoms with Crippen LogP contribution in [0.5, 0.6) is 0 Å². The van der Waals surface area contributed by atoms with Gasteiger partial charge in [-0.15, -0.1) is 0 Å². The molecule has 1 saturated carbocycles. The van der Waals surface area contributed by atoms with E-state index in [9.17, 15) is 26.4 Å². The molecular weight excluding hydrogens is 311 g/mol. The highest BCUT2D eigenvalue weighted by atomic mass is 32.2. The molecule has 0 aromatic heterocycles. The van der Waals surface area contributed by atoms with E-state index in [0.29, 0.717) is 13.0 Å². The Hall–Kier alpha value is -0.830. The Labute approximate surface area is 121 Å². The molecule has 0 amide bonds. The highest BCUT2D eigenvalue weighted by molar-refractivity contribution is 7.90. The average molecular weight is 329 g/mol. The maximum atomic E-state index is 12.2. The first-order valence-corrected chi connectivity index (χ1v) is 8.30. The predicted molar refractivity (Wildman–Crippen MR) is 67.4 cm³/mol. The smallest absolute Gasteiger partial charge is 0.465 e. The number of carbonyl (C=O) groups excluding carboxylic acids is 1. The van der Waals surface area contributed by atoms with Gasteiger partial charge in [-0.2, -0.15) is 13.2 Å². The lowest BCUT2D eigenvalue weighted by Crippen LogP contribution is -2.39. The van der Waals surface area contributed by atoms with Gasteiger partial charge in [0.25, 0.3) is 0 Å². The van der Waals surface area contributed by atoms with Crippen molar-refractivity contribution in [2.75, 3.05) is 13.2 Å². The third-order valence-corrected chi connectivity index (χ3v) is 5.63. The minimum absolute atomic E-state index is 0.102. The number of esters is 1. The van der Waals surface area contributed by atoms with E-state index >= 15 is 0 Å². The second-order valence-corrected chi connectivity index (χ2v) is 7.67. The van der Waals surface area contributed by atoms with E-state index in [-0.39, 0.29) is 36.2 Å². The number of rotatable bonds is 4. The molecule has 2 fully saturated rings. The number of hydrogen-bond donors (Lipinski definition) is 1. The number of carbonyl (C=O) groups is 1. The van der Waals surface area contributed by atoms with Crippen molar-refractivity contribution in [2.24, 2.45) is 23.7 Å². The van der Waals surface area contributed by atoms with Gasteiger partial charge in [-0.1, -0.05) is 6.92 Å². The van der Waals surface area contributed by atoms with Gasteiger partial charge in [0.15, 0.2) is 0 Å². The Morgan fingerprint density at radius 1 is 1.33 bits per heavy atom. The Balaban J connectivity index is 1.88. The van der Waals surface area contributed by atoms with E-state index in [1.165, 1.54) is 0 Å². The molecule has 1 aliphatic heterocycles. The number of sulfonamides is 1. The zero-order valence-electron chi connectivity index (χ0n) is 11.5. The summed E-state index contributed by atoms with van der Waals surface area (Å²) >= 11 is 0. The first kappa shape index (κ1) is 16.5. The monoisotopic (exact) mass is 329 g/mol. The summed E-state index contributed by atoms with van der Waals surface area (Å²) in [5.41, 5.74) is -5.28. The molecule has 4 unspecified atom stereocenters. The van der Waals surface area contributed by atoms with Gasteiger partial charge in [0.1, 0.15) is 0 Å². The number of alkyl halides is 3. The van der Waals surface area contributed by atoms with Gasteiger partial charge in [0, 0.05) is 13.0 Å². The van der Waals surface area contributed by atoms with Gasteiger partial charge in [0.2, 0.25) is 0 Å². The molecule has 2 rings (SSSR count). The Bertz CT molecular complexity index is 505. The van der Waals surface area contributed by atoms with Crippen molar-refractivity contribution in [3.05, 3.63) is 0 Å². The van der Waals surface area contributed by atoms with E-state index in [2.05, 4.69) is 0 Å². The van der Waals surface area contributed by atoms with Crippen LogP contribution in [0.3, 0.4) is 0 Å². The molecule has 21 heavy (non-hydrogen) atoms. The van der Waals surface area contributed by atoms with Crippen molar-refractivity contribution >= 4 is 16.0 Å². The van der Waals surface area contributed by atoms with Crippen LogP contribution in [0.25, 0.3) is 0 Å². The summed E-state index contributed by atoms with van der Waals surface area (Å²) in [6.07, 6.45) is 1.84. The molecule has 0 spiro atoms. The zero-order valence-corrected chi connectivity index (χ0v) is 12.3. The van der Waals surface area contributed by atoms with E-state index in [4.69, 9.17) is 4.74 Å². The summed E-state index contributed by atoms with van der Waals surface area (Å²) in [6, 6.07) is 0. The van der Waals surface area contributed by atoms with Crippen LogP contribution in [0.2, 0.25) is 0 Å². The molecule has 1 heterocycles. The van der Waals surface area contributed by atoms with Crippen LogP contribution in [-0.2, 0) is 19.6 Å². The van der Waals surface area contributed by atoms with Crippen molar-refractivity contribution in [3.63, 3.8) is 0 Å². The highest BCUT2D eigenvalue weighted by Crippen LogP contribution is 2.44. The highest BCUT2D eigenvalue weighted by Gasteiger charge is 2.46. The van der Waals surface area contributed by atoms with Crippen molar-refractivity contribution in [2.45, 2.75) is 31.7 Å². The number of ether oxygens (including phenoxy) is 1. The number of nitrogens with one attached hydrogen (secondary N) is 1. The molecule has 2 aliphatic rings. The minimum Gasteiger partial charge on any atom is -0.465 e. The molecule has 1 saturated heterocycles. The van der Waals surface area contributed by atoms with Crippen molar-refractivity contribution in [3.8, 4) is 0 Å². The molecule has 0 aromatic rings. The van der Waals surface area contributed by atoms with Gasteiger partial charge < -0.3 is 4.74 Å². The quantitative estimate of drug-likeness (QED) is 0.796. The van der Waals surface area contributed by atoms with Crippen LogP contribution < -0.4 is 4.72 Å². The summed E-state index contributed by atoms with van der Waals surface area (Å²) < 4.78 is 65.2. The van der Waals surface area contributed by atoms with Gasteiger partial charge in [-0.05, 0) is 36.5 Å². The summed E-state index contributed by atoms with van der Waals surface area (Å²) in [4.78, 5) is 11.2. The standard InChI is InChI=1S/C12H18F3NO4S/c1-7(5-16-21(18,19)12(13,14)15)8-2-9-4-11(17)20-6-10(9)3-8/h7-10,16H,2-6H2,1H3. The Morgan fingerprint density at radius 3 is 2.57 bits per heavy atom. The summed E-state index contributed by atoms with van der Waals surface area (Å²) in [5, 5.41) is 0. The zero-order chi connectivity index (χ0) is 15.8. The second kappa shape index (κ2) is 5.75. The van der Waals surface area contributed by atoms with E-state index in [1.807, 2.05) is 0 Å². The molecular formula is C12H18F3NO4S. The lowest BCUT2D eigenvalue weighted by atomic mass is 9.91. The fraction of sp³-hybridized carbons (Fsp3) is 0.917. The Kier molecular flexibility index (Phi) is 4.53. The predicted octanol–water partition coefficient (Wildman–Crippen LogP) is 1.65. The minimum atomic E-state index is -5.29. The van der Waals surface area contributed by atoms with Gasteiger partial charge in [-0.25, -0.2) is 13.1 Å². The molecule has 4 atom stereocenters. The van der Waals surface area contributed by atoms with Crippen LogP contribution in [0, 0.1) is 23.7 Å². The van der Waals surface area contributed by atoms with E-state index in [0.717, 1.165) is 12.8 Å². The molecule has 1 aliphatic carbocycles. The topological polar surface area (TPSA) is 72.5 Å². The average Bonchev–Trinajstić information content (AvgIpc) is 2.77. The fourth-order valence-electron chi connectivity index (χ4n) is 3.14. The summed E-state index contributed by atoms with van der Waals surface area (Å²) in [6.45, 7) is 1.84. The van der Waals surface area contributed by atoms with Gasteiger partial charge in [0.05, 0.1) is 6.61 Å². The largest absolute Gasteiger partial charge is 0.511 e. The third-order valence-electron chi connectivity index (χ3n) is 4.47. The molecule has 9 heteroatoms. The van der Waals surface area contributed by atoms with Crippen LogP contribution in [-0.4, -0.2) is 33.0 Å². The van der Waals surface area contributed by atoms with E-state index < -0.39 is 15.5 Å². The molecule has 0 aromatic carbocycles. The first-order chi connectivity index (χ1) is 9.60. The van der Waals surface area contributed by atoms with Crippen LogP contribution in [0.15, 0.2) is 0 Å².